The zero-order valence-corrected chi connectivity index (χ0v) is 9.88. The molecular formula is C14H13N3. The Bertz CT molecular complexity index is 555. The molecule has 0 N–H and O–H groups in total. The number of rotatable bonds is 2. The Kier molecular flexibility index (Phi) is 3.06. The van der Waals surface area contributed by atoms with Gasteiger partial charge in [0.1, 0.15) is 11.9 Å². The first-order valence-corrected chi connectivity index (χ1v) is 5.38. The molecule has 0 aliphatic rings. The standard InChI is InChI=1S/C14H13N3/c1-11-8-14(16-10-12(11)9-15)17(2)13-6-4-3-5-7-13/h3-8,10H,1-2H3. The molecule has 0 saturated carbocycles. The summed E-state index contributed by atoms with van der Waals surface area (Å²) in [6, 6.07) is 14.0. The summed E-state index contributed by atoms with van der Waals surface area (Å²) in [7, 11) is 1.96. The Morgan fingerprint density at radius 1 is 1.24 bits per heavy atom. The minimum Gasteiger partial charge on any atom is -0.329 e. The molecule has 0 radical (unpaired) electrons. The molecular weight excluding hydrogens is 210 g/mol. The van der Waals surface area contributed by atoms with Crippen LogP contribution >= 0.6 is 0 Å². The highest BCUT2D eigenvalue weighted by atomic mass is 15.2. The Morgan fingerprint density at radius 2 is 1.94 bits per heavy atom. The van der Waals surface area contributed by atoms with Crippen LogP contribution in [-0.2, 0) is 0 Å². The highest BCUT2D eigenvalue weighted by molar-refractivity contribution is 5.60. The number of nitrogens with zero attached hydrogens (tertiary/aromatic N) is 3. The molecule has 3 heteroatoms. The molecule has 2 rings (SSSR count). The van der Waals surface area contributed by atoms with Crippen molar-refractivity contribution in [3.63, 3.8) is 0 Å². The largest absolute Gasteiger partial charge is 0.329 e. The fourth-order valence-electron chi connectivity index (χ4n) is 1.63. The summed E-state index contributed by atoms with van der Waals surface area (Å²) < 4.78 is 0. The number of hydrogen-bond acceptors (Lipinski definition) is 3. The summed E-state index contributed by atoms with van der Waals surface area (Å²) in [5.41, 5.74) is 2.64. The van der Waals surface area contributed by atoms with E-state index in [0.29, 0.717) is 5.56 Å². The van der Waals surface area contributed by atoms with Crippen molar-refractivity contribution >= 4 is 11.5 Å². The molecule has 3 nitrogen and oxygen atoms in total. The van der Waals surface area contributed by atoms with Gasteiger partial charge in [0.05, 0.1) is 5.56 Å². The van der Waals surface area contributed by atoms with Gasteiger partial charge in [-0.15, -0.1) is 0 Å². The number of nitriles is 1. The fraction of sp³-hybridized carbons (Fsp3) is 0.143. The van der Waals surface area contributed by atoms with Gasteiger partial charge in [-0.1, -0.05) is 18.2 Å². The van der Waals surface area contributed by atoms with Crippen molar-refractivity contribution in [2.24, 2.45) is 0 Å². The van der Waals surface area contributed by atoms with Crippen LogP contribution in [0.1, 0.15) is 11.1 Å². The molecule has 0 saturated heterocycles. The van der Waals surface area contributed by atoms with Gasteiger partial charge in [0.2, 0.25) is 0 Å². The monoisotopic (exact) mass is 223 g/mol. The molecule has 1 aromatic carbocycles. The lowest BCUT2D eigenvalue weighted by atomic mass is 10.2. The van der Waals surface area contributed by atoms with Crippen LogP contribution in [-0.4, -0.2) is 12.0 Å². The van der Waals surface area contributed by atoms with Gasteiger partial charge in [0, 0.05) is 18.9 Å². The van der Waals surface area contributed by atoms with E-state index in [1.54, 1.807) is 6.20 Å². The molecule has 84 valence electrons. The topological polar surface area (TPSA) is 39.9 Å². The van der Waals surface area contributed by atoms with Crippen LogP contribution in [0.2, 0.25) is 0 Å². The SMILES string of the molecule is Cc1cc(N(C)c2ccccc2)ncc1C#N. The summed E-state index contributed by atoms with van der Waals surface area (Å²) in [6.45, 7) is 1.92. The van der Waals surface area contributed by atoms with E-state index in [1.165, 1.54) is 0 Å². The van der Waals surface area contributed by atoms with Crippen LogP contribution in [0.3, 0.4) is 0 Å². The Labute approximate surface area is 101 Å². The van der Waals surface area contributed by atoms with Crippen molar-refractivity contribution in [2.45, 2.75) is 6.92 Å². The second-order valence-corrected chi connectivity index (χ2v) is 3.86. The van der Waals surface area contributed by atoms with Gasteiger partial charge in [0.25, 0.3) is 0 Å². The van der Waals surface area contributed by atoms with Crippen LogP contribution in [0.25, 0.3) is 0 Å². The van der Waals surface area contributed by atoms with Gasteiger partial charge in [-0.25, -0.2) is 4.98 Å². The highest BCUT2D eigenvalue weighted by Gasteiger charge is 2.06. The molecule has 0 aliphatic heterocycles. The van der Waals surface area contributed by atoms with Crippen molar-refractivity contribution in [3.8, 4) is 6.07 Å². The third-order valence-corrected chi connectivity index (χ3v) is 2.70. The minimum atomic E-state index is 0.621. The molecule has 0 bridgehead atoms. The lowest BCUT2D eigenvalue weighted by molar-refractivity contribution is 1.11. The first-order valence-electron chi connectivity index (χ1n) is 5.38. The maximum absolute atomic E-state index is 8.86. The number of para-hydroxylation sites is 1. The number of benzene rings is 1. The van der Waals surface area contributed by atoms with E-state index in [4.69, 9.17) is 5.26 Å². The second-order valence-electron chi connectivity index (χ2n) is 3.86. The molecule has 0 amide bonds. The van der Waals surface area contributed by atoms with Crippen LogP contribution in [0.4, 0.5) is 11.5 Å². The third kappa shape index (κ3) is 2.26. The first-order chi connectivity index (χ1) is 8.22. The lowest BCUT2D eigenvalue weighted by Gasteiger charge is -2.18. The third-order valence-electron chi connectivity index (χ3n) is 2.70. The number of pyridine rings is 1. The van der Waals surface area contributed by atoms with E-state index in [9.17, 15) is 0 Å². The van der Waals surface area contributed by atoms with Gasteiger partial charge in [-0.2, -0.15) is 5.26 Å². The highest BCUT2D eigenvalue weighted by Crippen LogP contribution is 2.22. The van der Waals surface area contributed by atoms with Gasteiger partial charge < -0.3 is 4.90 Å². The predicted molar refractivity (Wildman–Crippen MR) is 68.2 cm³/mol. The Morgan fingerprint density at radius 3 is 2.53 bits per heavy atom. The molecule has 0 spiro atoms. The van der Waals surface area contributed by atoms with Crippen LogP contribution < -0.4 is 4.90 Å². The van der Waals surface area contributed by atoms with Crippen molar-refractivity contribution in [1.29, 1.82) is 5.26 Å². The molecule has 1 heterocycles. The van der Waals surface area contributed by atoms with Gasteiger partial charge in [0.15, 0.2) is 0 Å². The summed E-state index contributed by atoms with van der Waals surface area (Å²) in [4.78, 5) is 6.28. The van der Waals surface area contributed by atoms with E-state index in [2.05, 4.69) is 11.1 Å². The minimum absolute atomic E-state index is 0.621. The molecule has 17 heavy (non-hydrogen) atoms. The summed E-state index contributed by atoms with van der Waals surface area (Å²) in [6.07, 6.45) is 1.62. The quantitative estimate of drug-likeness (QED) is 0.785. The van der Waals surface area contributed by atoms with E-state index < -0.39 is 0 Å². The molecule has 0 atom stereocenters. The molecule has 2 aromatic rings. The van der Waals surface area contributed by atoms with Crippen molar-refractivity contribution in [1.82, 2.24) is 4.98 Å². The van der Waals surface area contributed by atoms with Crippen molar-refractivity contribution in [2.75, 3.05) is 11.9 Å². The molecule has 0 aliphatic carbocycles. The van der Waals surface area contributed by atoms with Gasteiger partial charge in [-0.05, 0) is 30.7 Å². The molecule has 0 unspecified atom stereocenters. The average Bonchev–Trinajstić information content (AvgIpc) is 2.39. The lowest BCUT2D eigenvalue weighted by Crippen LogP contribution is -2.11. The maximum atomic E-state index is 8.86. The second kappa shape index (κ2) is 4.67. The first kappa shape index (κ1) is 11.2. The van der Waals surface area contributed by atoms with Gasteiger partial charge in [-0.3, -0.25) is 0 Å². The maximum Gasteiger partial charge on any atom is 0.133 e. The van der Waals surface area contributed by atoms with E-state index in [-0.39, 0.29) is 0 Å². The summed E-state index contributed by atoms with van der Waals surface area (Å²) >= 11 is 0. The average molecular weight is 223 g/mol. The Hall–Kier alpha value is -2.34. The number of aryl methyl sites for hydroxylation is 1. The van der Waals surface area contributed by atoms with Crippen molar-refractivity contribution in [3.05, 3.63) is 53.7 Å². The van der Waals surface area contributed by atoms with Crippen molar-refractivity contribution < 1.29 is 0 Å². The Balaban J connectivity index is 2.36. The van der Waals surface area contributed by atoms with Gasteiger partial charge >= 0.3 is 0 Å². The van der Waals surface area contributed by atoms with Crippen LogP contribution in [0.5, 0.6) is 0 Å². The smallest absolute Gasteiger partial charge is 0.133 e. The number of anilines is 2. The summed E-state index contributed by atoms with van der Waals surface area (Å²) in [5, 5.41) is 8.86. The zero-order chi connectivity index (χ0) is 12.3. The predicted octanol–water partition coefficient (Wildman–Crippen LogP) is 3.03. The zero-order valence-electron chi connectivity index (χ0n) is 9.88. The van der Waals surface area contributed by atoms with E-state index in [0.717, 1.165) is 17.1 Å². The number of hydrogen-bond donors (Lipinski definition) is 0. The van der Waals surface area contributed by atoms with Crippen LogP contribution in [0, 0.1) is 18.3 Å². The fourth-order valence-corrected chi connectivity index (χ4v) is 1.63. The molecule has 1 aromatic heterocycles. The normalized spacial score (nSPS) is 9.71. The van der Waals surface area contributed by atoms with Crippen LogP contribution in [0.15, 0.2) is 42.6 Å². The summed E-state index contributed by atoms with van der Waals surface area (Å²) in [5.74, 6) is 0.840. The van der Waals surface area contributed by atoms with E-state index >= 15 is 0 Å². The number of aromatic nitrogens is 1. The van der Waals surface area contributed by atoms with E-state index in [1.807, 2.05) is 55.3 Å². The molecule has 0 fully saturated rings.